The van der Waals surface area contributed by atoms with Crippen LogP contribution in [0.2, 0.25) is 0 Å². The van der Waals surface area contributed by atoms with E-state index < -0.39 is 4.92 Å². The van der Waals surface area contributed by atoms with Crippen LogP contribution in [-0.2, 0) is 11.2 Å². The number of nitro benzene ring substituents is 1. The Bertz CT molecular complexity index is 866. The molecular formula is C19H21N3O4. The molecule has 0 fully saturated rings. The minimum absolute atomic E-state index is 0.120. The molecule has 1 heterocycles. The van der Waals surface area contributed by atoms with Gasteiger partial charge in [0.05, 0.1) is 18.6 Å². The summed E-state index contributed by atoms with van der Waals surface area (Å²) >= 11 is 0. The Morgan fingerprint density at radius 1 is 1.38 bits per heavy atom. The number of rotatable bonds is 5. The Kier molecular flexibility index (Phi) is 4.79. The van der Waals surface area contributed by atoms with Gasteiger partial charge in [-0.25, -0.2) is 0 Å². The number of fused-ring (bicyclic) bond motifs is 1. The third kappa shape index (κ3) is 3.33. The number of nitrogens with zero attached hydrogens (tertiary/aromatic N) is 2. The molecule has 0 aromatic heterocycles. The van der Waals surface area contributed by atoms with E-state index in [1.165, 1.54) is 24.8 Å². The lowest BCUT2D eigenvalue weighted by Gasteiger charge is -2.24. The van der Waals surface area contributed by atoms with E-state index in [4.69, 9.17) is 4.74 Å². The van der Waals surface area contributed by atoms with E-state index in [1.54, 1.807) is 6.92 Å². The molecule has 3 rings (SSSR count). The summed E-state index contributed by atoms with van der Waals surface area (Å²) < 4.78 is 5.08. The molecule has 26 heavy (non-hydrogen) atoms. The fraction of sp³-hybridized carbons (Fsp3) is 0.316. The fourth-order valence-corrected chi connectivity index (χ4v) is 3.33. The van der Waals surface area contributed by atoms with Gasteiger partial charge in [-0.15, -0.1) is 0 Å². The second-order valence-electron chi connectivity index (χ2n) is 6.45. The molecule has 1 aliphatic heterocycles. The molecule has 136 valence electrons. The molecular weight excluding hydrogens is 334 g/mol. The molecule has 7 nitrogen and oxygen atoms in total. The Balaban J connectivity index is 1.78. The van der Waals surface area contributed by atoms with Crippen LogP contribution in [0.1, 0.15) is 18.1 Å². The van der Waals surface area contributed by atoms with Gasteiger partial charge in [-0.05, 0) is 37.5 Å². The lowest BCUT2D eigenvalue weighted by molar-refractivity contribution is -0.385. The number of carbonyl (C=O) groups is 1. The first-order valence-electron chi connectivity index (χ1n) is 8.38. The standard InChI is InChI=1S/C19H21N3O4/c1-12-8-17(22(24)25)18(26-3)10-15(12)20-19(23)11-21-13(2)9-14-6-4-5-7-16(14)21/h4-8,10,13H,9,11H2,1-3H3,(H,20,23). The van der Waals surface area contributed by atoms with Crippen molar-refractivity contribution >= 4 is 23.0 Å². The van der Waals surface area contributed by atoms with Crippen LogP contribution in [0.15, 0.2) is 36.4 Å². The quantitative estimate of drug-likeness (QED) is 0.657. The van der Waals surface area contributed by atoms with E-state index >= 15 is 0 Å². The molecule has 0 saturated carbocycles. The van der Waals surface area contributed by atoms with Gasteiger partial charge in [-0.2, -0.15) is 0 Å². The number of amides is 1. The fourth-order valence-electron chi connectivity index (χ4n) is 3.33. The third-order valence-corrected chi connectivity index (χ3v) is 4.66. The molecule has 0 spiro atoms. The van der Waals surface area contributed by atoms with Crippen LogP contribution in [-0.4, -0.2) is 30.5 Å². The average molecular weight is 355 g/mol. The summed E-state index contributed by atoms with van der Waals surface area (Å²) in [5.74, 6) is -0.0525. The molecule has 1 aliphatic rings. The second-order valence-corrected chi connectivity index (χ2v) is 6.45. The maximum Gasteiger partial charge on any atom is 0.311 e. The van der Waals surface area contributed by atoms with Crippen molar-refractivity contribution in [1.29, 1.82) is 0 Å². The van der Waals surface area contributed by atoms with E-state index in [-0.39, 0.29) is 29.9 Å². The van der Waals surface area contributed by atoms with Crippen molar-refractivity contribution in [1.82, 2.24) is 0 Å². The number of benzene rings is 2. The molecule has 2 aromatic carbocycles. The van der Waals surface area contributed by atoms with Crippen molar-refractivity contribution in [2.45, 2.75) is 26.3 Å². The first-order chi connectivity index (χ1) is 12.4. The van der Waals surface area contributed by atoms with Crippen LogP contribution < -0.4 is 15.0 Å². The normalized spacial score (nSPS) is 15.5. The second kappa shape index (κ2) is 7.03. The zero-order chi connectivity index (χ0) is 18.8. The van der Waals surface area contributed by atoms with Gasteiger partial charge >= 0.3 is 5.69 Å². The predicted octanol–water partition coefficient (Wildman–Crippen LogP) is 3.30. The maximum absolute atomic E-state index is 12.6. The molecule has 0 bridgehead atoms. The summed E-state index contributed by atoms with van der Waals surface area (Å²) in [4.78, 5) is 25.2. The number of nitrogens with one attached hydrogen (secondary N) is 1. The first kappa shape index (κ1) is 17.7. The number of carbonyl (C=O) groups excluding carboxylic acids is 1. The Morgan fingerprint density at radius 2 is 2.12 bits per heavy atom. The van der Waals surface area contributed by atoms with Gasteiger partial charge in [0.25, 0.3) is 0 Å². The van der Waals surface area contributed by atoms with Gasteiger partial charge in [0.1, 0.15) is 0 Å². The van der Waals surface area contributed by atoms with Gasteiger partial charge < -0.3 is 15.0 Å². The third-order valence-electron chi connectivity index (χ3n) is 4.66. The van der Waals surface area contributed by atoms with Crippen LogP contribution in [0.5, 0.6) is 5.75 Å². The molecule has 0 saturated heterocycles. The molecule has 7 heteroatoms. The number of nitro groups is 1. The zero-order valence-corrected chi connectivity index (χ0v) is 15.0. The number of ether oxygens (including phenoxy) is 1. The summed E-state index contributed by atoms with van der Waals surface area (Å²) in [5.41, 5.74) is 3.32. The molecule has 1 amide bonds. The number of anilines is 2. The largest absolute Gasteiger partial charge is 0.490 e. The lowest BCUT2D eigenvalue weighted by Crippen LogP contribution is -2.37. The van der Waals surface area contributed by atoms with Gasteiger partial charge in [0.2, 0.25) is 5.91 Å². The number of hydrogen-bond acceptors (Lipinski definition) is 5. The summed E-state index contributed by atoms with van der Waals surface area (Å²) in [6, 6.07) is 11.2. The summed E-state index contributed by atoms with van der Waals surface area (Å²) in [5, 5.41) is 13.9. The zero-order valence-electron chi connectivity index (χ0n) is 15.0. The minimum atomic E-state index is -0.500. The number of para-hydroxylation sites is 1. The van der Waals surface area contributed by atoms with Crippen molar-refractivity contribution in [3.63, 3.8) is 0 Å². The van der Waals surface area contributed by atoms with Crippen LogP contribution >= 0.6 is 0 Å². The van der Waals surface area contributed by atoms with Gasteiger partial charge in [0, 0.05) is 29.5 Å². The highest BCUT2D eigenvalue weighted by Gasteiger charge is 2.27. The molecule has 1 N–H and O–H groups in total. The van der Waals surface area contributed by atoms with Crippen LogP contribution in [0.4, 0.5) is 17.1 Å². The van der Waals surface area contributed by atoms with E-state index in [1.807, 2.05) is 18.2 Å². The highest BCUT2D eigenvalue weighted by Crippen LogP contribution is 2.34. The molecule has 0 aliphatic carbocycles. The SMILES string of the molecule is COc1cc(NC(=O)CN2c3ccccc3CC2C)c(C)cc1[N+](=O)[O-]. The van der Waals surface area contributed by atoms with Gasteiger partial charge in [0.15, 0.2) is 5.75 Å². The number of aryl methyl sites for hydroxylation is 1. The van der Waals surface area contributed by atoms with E-state index in [2.05, 4.69) is 23.2 Å². The average Bonchev–Trinajstić information content (AvgIpc) is 2.91. The predicted molar refractivity (Wildman–Crippen MR) is 100.0 cm³/mol. The molecule has 0 radical (unpaired) electrons. The molecule has 2 aromatic rings. The van der Waals surface area contributed by atoms with Gasteiger partial charge in [-0.1, -0.05) is 18.2 Å². The Morgan fingerprint density at radius 3 is 2.81 bits per heavy atom. The highest BCUT2D eigenvalue weighted by atomic mass is 16.6. The van der Waals surface area contributed by atoms with Gasteiger partial charge in [-0.3, -0.25) is 14.9 Å². The Labute approximate surface area is 151 Å². The monoisotopic (exact) mass is 355 g/mol. The maximum atomic E-state index is 12.6. The number of hydrogen-bond donors (Lipinski definition) is 1. The van der Waals surface area contributed by atoms with E-state index in [9.17, 15) is 14.9 Å². The summed E-state index contributed by atoms with van der Waals surface area (Å²) in [6.45, 7) is 4.03. The van der Waals surface area contributed by atoms with Crippen molar-refractivity contribution in [3.05, 3.63) is 57.6 Å². The van der Waals surface area contributed by atoms with Crippen LogP contribution in [0, 0.1) is 17.0 Å². The van der Waals surface area contributed by atoms with Crippen molar-refractivity contribution in [2.24, 2.45) is 0 Å². The smallest absolute Gasteiger partial charge is 0.311 e. The molecule has 1 unspecified atom stereocenters. The van der Waals surface area contributed by atoms with E-state index in [0.29, 0.717) is 11.3 Å². The van der Waals surface area contributed by atoms with E-state index in [0.717, 1.165) is 12.1 Å². The van der Waals surface area contributed by atoms with Crippen LogP contribution in [0.3, 0.4) is 0 Å². The summed E-state index contributed by atoms with van der Waals surface area (Å²) in [6.07, 6.45) is 0.911. The highest BCUT2D eigenvalue weighted by molar-refractivity contribution is 5.95. The topological polar surface area (TPSA) is 84.7 Å². The number of methoxy groups -OCH3 is 1. The van der Waals surface area contributed by atoms with Crippen molar-refractivity contribution in [2.75, 3.05) is 23.9 Å². The van der Waals surface area contributed by atoms with Crippen molar-refractivity contribution < 1.29 is 14.5 Å². The lowest BCUT2D eigenvalue weighted by atomic mass is 10.1. The van der Waals surface area contributed by atoms with Crippen molar-refractivity contribution in [3.8, 4) is 5.75 Å². The minimum Gasteiger partial charge on any atom is -0.490 e. The Hall–Kier alpha value is -3.09. The summed E-state index contributed by atoms with van der Waals surface area (Å²) in [7, 11) is 1.37. The molecule has 1 atom stereocenters. The first-order valence-corrected chi connectivity index (χ1v) is 8.38. The van der Waals surface area contributed by atoms with Crippen LogP contribution in [0.25, 0.3) is 0 Å².